The zero-order valence-electron chi connectivity index (χ0n) is 16.8. The van der Waals surface area contributed by atoms with Crippen LogP contribution in [0.3, 0.4) is 0 Å². The molecule has 0 aliphatic carbocycles. The molecule has 0 bridgehead atoms. The van der Waals surface area contributed by atoms with E-state index < -0.39 is 28.8 Å². The molecule has 1 fully saturated rings. The minimum atomic E-state index is -4.59. The number of amides is 1. The third kappa shape index (κ3) is 5.27. The molecule has 0 atom stereocenters. The van der Waals surface area contributed by atoms with Gasteiger partial charge in [0.25, 0.3) is 5.91 Å². The largest absolute Gasteiger partial charge is 0.418 e. The van der Waals surface area contributed by atoms with Gasteiger partial charge >= 0.3 is 6.18 Å². The van der Waals surface area contributed by atoms with Gasteiger partial charge in [0.15, 0.2) is 5.69 Å². The van der Waals surface area contributed by atoms with E-state index in [4.69, 9.17) is 0 Å². The number of aryl methyl sites for hydroxylation is 1. The Hall–Kier alpha value is -2.68. The summed E-state index contributed by atoms with van der Waals surface area (Å²) in [6, 6.07) is 6.05. The highest BCUT2D eigenvalue weighted by Gasteiger charge is 2.34. The number of nitrogens with one attached hydrogen (secondary N) is 1. The van der Waals surface area contributed by atoms with E-state index in [1.54, 1.807) is 0 Å². The predicted octanol–water partition coefficient (Wildman–Crippen LogP) is 3.17. The van der Waals surface area contributed by atoms with Crippen molar-refractivity contribution in [2.24, 2.45) is 0 Å². The zero-order chi connectivity index (χ0) is 21.7. The fraction of sp³-hybridized carbons (Fsp3) is 0.476. The molecule has 1 aromatic heterocycles. The van der Waals surface area contributed by atoms with Crippen molar-refractivity contribution in [3.05, 3.63) is 57.5 Å². The van der Waals surface area contributed by atoms with Gasteiger partial charge < -0.3 is 10.2 Å². The van der Waals surface area contributed by atoms with Gasteiger partial charge in [-0.3, -0.25) is 9.59 Å². The third-order valence-corrected chi connectivity index (χ3v) is 5.15. The van der Waals surface area contributed by atoms with Gasteiger partial charge in [0, 0.05) is 18.3 Å². The van der Waals surface area contributed by atoms with Crippen LogP contribution in [-0.4, -0.2) is 46.8 Å². The summed E-state index contributed by atoms with van der Waals surface area (Å²) in [4.78, 5) is 27.1. The van der Waals surface area contributed by atoms with Crippen molar-refractivity contribution in [2.45, 2.75) is 38.8 Å². The van der Waals surface area contributed by atoms with Crippen molar-refractivity contribution in [3.63, 3.8) is 0 Å². The molecule has 1 N–H and O–H groups in total. The standard InChI is InChI=1S/C21H25F3N4O2/c1-15-14-18(29)19(20(30)25-10-7-13-27-11-5-2-6-12-27)26-28(15)17-9-4-3-8-16(17)21(22,23)24/h3-4,8-9,14H,2,5-7,10-13H2,1H3,(H,25,30). The van der Waals surface area contributed by atoms with E-state index in [2.05, 4.69) is 15.3 Å². The maximum Gasteiger partial charge on any atom is 0.418 e. The number of likely N-dealkylation sites (tertiary alicyclic amines) is 1. The lowest BCUT2D eigenvalue weighted by Crippen LogP contribution is -2.35. The first-order chi connectivity index (χ1) is 14.3. The van der Waals surface area contributed by atoms with Gasteiger partial charge in [0.1, 0.15) is 0 Å². The Bertz CT molecular complexity index is 950. The van der Waals surface area contributed by atoms with Crippen LogP contribution in [-0.2, 0) is 6.18 Å². The number of piperidine rings is 1. The van der Waals surface area contributed by atoms with Crippen molar-refractivity contribution in [3.8, 4) is 5.69 Å². The Balaban J connectivity index is 1.75. The SMILES string of the molecule is Cc1cc(=O)c(C(=O)NCCCN2CCCCC2)nn1-c1ccccc1C(F)(F)F. The van der Waals surface area contributed by atoms with Crippen LogP contribution < -0.4 is 10.7 Å². The van der Waals surface area contributed by atoms with Crippen LogP contribution in [0.5, 0.6) is 0 Å². The van der Waals surface area contributed by atoms with Crippen LogP contribution >= 0.6 is 0 Å². The molecule has 0 spiro atoms. The molecule has 0 saturated carbocycles. The van der Waals surface area contributed by atoms with E-state index >= 15 is 0 Å². The van der Waals surface area contributed by atoms with Gasteiger partial charge in [-0.25, -0.2) is 4.68 Å². The second-order valence-electron chi connectivity index (χ2n) is 7.44. The monoisotopic (exact) mass is 422 g/mol. The highest BCUT2D eigenvalue weighted by molar-refractivity contribution is 5.92. The van der Waals surface area contributed by atoms with Crippen LogP contribution in [0.15, 0.2) is 35.1 Å². The highest BCUT2D eigenvalue weighted by atomic mass is 19.4. The maximum absolute atomic E-state index is 13.4. The van der Waals surface area contributed by atoms with Crippen LogP contribution in [0.4, 0.5) is 13.2 Å². The average molecular weight is 422 g/mol. The molecule has 1 aromatic carbocycles. The molecule has 1 saturated heterocycles. The number of hydrogen-bond donors (Lipinski definition) is 1. The molecule has 9 heteroatoms. The summed E-state index contributed by atoms with van der Waals surface area (Å²) in [7, 11) is 0. The Morgan fingerprint density at radius 3 is 2.57 bits per heavy atom. The Morgan fingerprint density at radius 1 is 1.17 bits per heavy atom. The van der Waals surface area contributed by atoms with Gasteiger partial charge in [-0.2, -0.15) is 18.3 Å². The van der Waals surface area contributed by atoms with E-state index in [0.717, 1.165) is 42.9 Å². The molecule has 1 aliphatic rings. The zero-order valence-corrected chi connectivity index (χ0v) is 16.8. The van der Waals surface area contributed by atoms with E-state index in [-0.39, 0.29) is 11.4 Å². The van der Waals surface area contributed by atoms with E-state index in [9.17, 15) is 22.8 Å². The highest BCUT2D eigenvalue weighted by Crippen LogP contribution is 2.33. The summed E-state index contributed by atoms with van der Waals surface area (Å²) in [5, 5.41) is 6.63. The fourth-order valence-electron chi connectivity index (χ4n) is 3.62. The minimum absolute atomic E-state index is 0.207. The van der Waals surface area contributed by atoms with E-state index in [1.165, 1.54) is 44.4 Å². The predicted molar refractivity (Wildman–Crippen MR) is 107 cm³/mol. The summed E-state index contributed by atoms with van der Waals surface area (Å²) in [5.41, 5.74) is -1.96. The van der Waals surface area contributed by atoms with Crippen LogP contribution in [0, 0.1) is 6.92 Å². The molecule has 2 heterocycles. The van der Waals surface area contributed by atoms with Gasteiger partial charge in [0.2, 0.25) is 5.43 Å². The van der Waals surface area contributed by atoms with Gasteiger partial charge in [-0.1, -0.05) is 18.6 Å². The molecular weight excluding hydrogens is 397 g/mol. The lowest BCUT2D eigenvalue weighted by Gasteiger charge is -2.26. The number of para-hydroxylation sites is 1. The number of rotatable bonds is 6. The molecule has 1 aliphatic heterocycles. The lowest BCUT2D eigenvalue weighted by molar-refractivity contribution is -0.137. The third-order valence-electron chi connectivity index (χ3n) is 5.15. The fourth-order valence-corrected chi connectivity index (χ4v) is 3.62. The maximum atomic E-state index is 13.4. The normalized spacial score (nSPS) is 15.2. The molecule has 2 aromatic rings. The Morgan fingerprint density at radius 2 is 1.87 bits per heavy atom. The summed E-state index contributed by atoms with van der Waals surface area (Å²) >= 11 is 0. The topological polar surface area (TPSA) is 67.2 Å². The molecule has 3 rings (SSSR count). The van der Waals surface area contributed by atoms with Gasteiger partial charge in [-0.15, -0.1) is 0 Å². The summed E-state index contributed by atoms with van der Waals surface area (Å²) < 4.78 is 41.1. The molecule has 30 heavy (non-hydrogen) atoms. The van der Waals surface area contributed by atoms with Crippen LogP contribution in [0.2, 0.25) is 0 Å². The first-order valence-corrected chi connectivity index (χ1v) is 10.1. The summed E-state index contributed by atoms with van der Waals surface area (Å²) in [6.45, 7) is 4.80. The quantitative estimate of drug-likeness (QED) is 0.727. The first-order valence-electron chi connectivity index (χ1n) is 10.1. The lowest BCUT2D eigenvalue weighted by atomic mass is 10.1. The smallest absolute Gasteiger partial charge is 0.350 e. The second kappa shape index (κ2) is 9.42. The number of halogens is 3. The number of nitrogens with zero attached hydrogens (tertiary/aromatic N) is 3. The molecule has 162 valence electrons. The number of benzene rings is 1. The molecule has 6 nitrogen and oxygen atoms in total. The van der Waals surface area contributed by atoms with Crippen LogP contribution in [0.1, 0.15) is 47.4 Å². The number of carbonyl (C=O) groups is 1. The summed E-state index contributed by atoms with van der Waals surface area (Å²) in [5.74, 6) is -0.683. The first kappa shape index (κ1) is 22.0. The van der Waals surface area contributed by atoms with Gasteiger partial charge in [0.05, 0.1) is 11.3 Å². The number of carbonyl (C=O) groups excluding carboxylic acids is 1. The van der Waals surface area contributed by atoms with Crippen molar-refractivity contribution in [1.29, 1.82) is 0 Å². The van der Waals surface area contributed by atoms with Crippen molar-refractivity contribution in [1.82, 2.24) is 20.0 Å². The summed E-state index contributed by atoms with van der Waals surface area (Å²) in [6.07, 6.45) is -0.263. The number of alkyl halides is 3. The Labute approximate surface area is 172 Å². The van der Waals surface area contributed by atoms with E-state index in [1.807, 2.05) is 0 Å². The average Bonchev–Trinajstić information content (AvgIpc) is 2.71. The molecule has 0 unspecified atom stereocenters. The van der Waals surface area contributed by atoms with E-state index in [0.29, 0.717) is 6.54 Å². The molecule has 1 amide bonds. The molecular formula is C21H25F3N4O2. The molecule has 0 radical (unpaired) electrons. The number of aromatic nitrogens is 2. The number of hydrogen-bond acceptors (Lipinski definition) is 4. The van der Waals surface area contributed by atoms with Crippen molar-refractivity contribution in [2.75, 3.05) is 26.2 Å². The van der Waals surface area contributed by atoms with Crippen molar-refractivity contribution < 1.29 is 18.0 Å². The second-order valence-corrected chi connectivity index (χ2v) is 7.44. The van der Waals surface area contributed by atoms with Crippen molar-refractivity contribution >= 4 is 5.91 Å². The van der Waals surface area contributed by atoms with Gasteiger partial charge in [-0.05, 0) is 58.0 Å². The Kier molecular flexibility index (Phi) is 6.91. The minimum Gasteiger partial charge on any atom is -0.350 e. The van der Waals surface area contributed by atoms with Crippen LogP contribution in [0.25, 0.3) is 5.69 Å².